The average molecular weight is 238 g/mol. The summed E-state index contributed by atoms with van der Waals surface area (Å²) in [6, 6.07) is 1.61. The number of hydrogen-bond acceptors (Lipinski definition) is 2. The number of nitrogens with one attached hydrogen (secondary N) is 1. The Morgan fingerprint density at radius 1 is 0.941 bits per heavy atom. The van der Waals surface area contributed by atoms with Crippen molar-refractivity contribution in [3.63, 3.8) is 0 Å². The van der Waals surface area contributed by atoms with Gasteiger partial charge in [0.05, 0.1) is 0 Å². The Bertz CT molecular complexity index is 197. The van der Waals surface area contributed by atoms with Gasteiger partial charge >= 0.3 is 0 Å². The van der Waals surface area contributed by atoms with E-state index in [0.29, 0.717) is 0 Å². The van der Waals surface area contributed by atoms with Crippen molar-refractivity contribution >= 4 is 0 Å². The lowest BCUT2D eigenvalue weighted by Gasteiger charge is -2.36. The predicted molar refractivity (Wildman–Crippen MR) is 74.4 cm³/mol. The second-order valence-corrected chi connectivity index (χ2v) is 5.86. The Balaban J connectivity index is 1.92. The summed E-state index contributed by atoms with van der Waals surface area (Å²) < 4.78 is 0. The van der Waals surface area contributed by atoms with Gasteiger partial charge in [-0.25, -0.2) is 0 Å². The van der Waals surface area contributed by atoms with E-state index < -0.39 is 0 Å². The molecular weight excluding hydrogens is 208 g/mol. The van der Waals surface area contributed by atoms with Crippen molar-refractivity contribution in [2.45, 2.75) is 76.8 Å². The van der Waals surface area contributed by atoms with Crippen molar-refractivity contribution in [1.82, 2.24) is 10.2 Å². The lowest BCUT2D eigenvalue weighted by atomic mass is 9.91. The van der Waals surface area contributed by atoms with Gasteiger partial charge in [0.2, 0.25) is 0 Å². The van der Waals surface area contributed by atoms with Crippen LogP contribution in [0.5, 0.6) is 0 Å². The molecule has 2 aliphatic rings. The highest BCUT2D eigenvalue weighted by atomic mass is 15.2. The molecule has 1 heterocycles. The first-order valence-corrected chi connectivity index (χ1v) is 7.89. The van der Waals surface area contributed by atoms with E-state index in [0.717, 1.165) is 12.1 Å². The van der Waals surface area contributed by atoms with Crippen molar-refractivity contribution in [1.29, 1.82) is 0 Å². The Morgan fingerprint density at radius 3 is 2.35 bits per heavy atom. The molecule has 0 amide bonds. The van der Waals surface area contributed by atoms with E-state index in [-0.39, 0.29) is 0 Å². The molecule has 1 aliphatic heterocycles. The Hall–Kier alpha value is -0.0800. The van der Waals surface area contributed by atoms with E-state index >= 15 is 0 Å². The van der Waals surface area contributed by atoms with E-state index in [2.05, 4.69) is 17.1 Å². The first-order chi connectivity index (χ1) is 8.42. The summed E-state index contributed by atoms with van der Waals surface area (Å²) in [5, 5.41) is 3.82. The third-order valence-corrected chi connectivity index (χ3v) is 4.50. The number of hydrogen-bond donors (Lipinski definition) is 1. The first-order valence-electron chi connectivity index (χ1n) is 7.89. The van der Waals surface area contributed by atoms with E-state index in [1.165, 1.54) is 77.4 Å². The molecule has 2 fully saturated rings. The molecule has 0 aromatic rings. The van der Waals surface area contributed by atoms with Crippen molar-refractivity contribution < 1.29 is 0 Å². The van der Waals surface area contributed by atoms with Crippen LogP contribution in [0.1, 0.15) is 64.7 Å². The minimum absolute atomic E-state index is 0.772. The standard InChI is InChI=1S/C15H30N2/c1-2-11-16-14-9-5-3-4-6-10-15(14)17-12-7-8-13-17/h14-16H,2-13H2,1H3. The molecular formula is C15H30N2. The molecule has 2 rings (SSSR count). The molecule has 1 saturated carbocycles. The third kappa shape index (κ3) is 3.96. The smallest absolute Gasteiger partial charge is 0.0249 e. The molecule has 0 aromatic carbocycles. The maximum absolute atomic E-state index is 3.82. The molecule has 0 aromatic heterocycles. The van der Waals surface area contributed by atoms with Crippen LogP contribution in [0, 0.1) is 0 Å². The van der Waals surface area contributed by atoms with Crippen LogP contribution in [0.15, 0.2) is 0 Å². The highest BCUT2D eigenvalue weighted by molar-refractivity contribution is 4.88. The molecule has 0 bridgehead atoms. The monoisotopic (exact) mass is 238 g/mol. The molecule has 2 atom stereocenters. The van der Waals surface area contributed by atoms with Gasteiger partial charge in [-0.05, 0) is 51.7 Å². The molecule has 0 radical (unpaired) electrons. The van der Waals surface area contributed by atoms with Crippen LogP contribution < -0.4 is 5.32 Å². The topological polar surface area (TPSA) is 15.3 Å². The fourth-order valence-electron chi connectivity index (χ4n) is 3.54. The zero-order valence-corrected chi connectivity index (χ0v) is 11.6. The lowest BCUT2D eigenvalue weighted by molar-refractivity contribution is 0.162. The van der Waals surface area contributed by atoms with Crippen LogP contribution in [-0.4, -0.2) is 36.6 Å². The zero-order valence-electron chi connectivity index (χ0n) is 11.6. The van der Waals surface area contributed by atoms with E-state index in [4.69, 9.17) is 0 Å². The van der Waals surface area contributed by atoms with Gasteiger partial charge in [0.1, 0.15) is 0 Å². The second kappa shape index (κ2) is 7.38. The molecule has 2 heteroatoms. The van der Waals surface area contributed by atoms with E-state index in [1.54, 1.807) is 0 Å². The van der Waals surface area contributed by atoms with Crippen molar-refractivity contribution in [3.8, 4) is 0 Å². The Morgan fingerprint density at radius 2 is 1.65 bits per heavy atom. The normalized spacial score (nSPS) is 32.3. The summed E-state index contributed by atoms with van der Waals surface area (Å²) in [7, 11) is 0. The molecule has 100 valence electrons. The van der Waals surface area contributed by atoms with Gasteiger partial charge in [-0.1, -0.05) is 32.6 Å². The zero-order chi connectivity index (χ0) is 11.9. The molecule has 2 nitrogen and oxygen atoms in total. The Labute approximate surface area is 107 Å². The average Bonchev–Trinajstić information content (AvgIpc) is 2.81. The van der Waals surface area contributed by atoms with Gasteiger partial charge in [0, 0.05) is 12.1 Å². The molecule has 1 saturated heterocycles. The highest BCUT2D eigenvalue weighted by Crippen LogP contribution is 2.24. The van der Waals surface area contributed by atoms with Gasteiger partial charge in [0.25, 0.3) is 0 Å². The van der Waals surface area contributed by atoms with Gasteiger partial charge in [0.15, 0.2) is 0 Å². The highest BCUT2D eigenvalue weighted by Gasteiger charge is 2.29. The van der Waals surface area contributed by atoms with Crippen LogP contribution in [0.2, 0.25) is 0 Å². The van der Waals surface area contributed by atoms with Gasteiger partial charge in [-0.15, -0.1) is 0 Å². The molecule has 2 unspecified atom stereocenters. The van der Waals surface area contributed by atoms with E-state index in [9.17, 15) is 0 Å². The quantitative estimate of drug-likeness (QED) is 0.809. The molecule has 1 aliphatic carbocycles. The van der Waals surface area contributed by atoms with Crippen molar-refractivity contribution in [3.05, 3.63) is 0 Å². The largest absolute Gasteiger partial charge is 0.312 e. The maximum atomic E-state index is 3.82. The van der Waals surface area contributed by atoms with Crippen molar-refractivity contribution in [2.24, 2.45) is 0 Å². The molecule has 1 N–H and O–H groups in total. The Kier molecular flexibility index (Phi) is 5.79. The van der Waals surface area contributed by atoms with Crippen LogP contribution in [-0.2, 0) is 0 Å². The van der Waals surface area contributed by atoms with Crippen LogP contribution in [0.25, 0.3) is 0 Å². The van der Waals surface area contributed by atoms with Crippen LogP contribution >= 0.6 is 0 Å². The number of nitrogens with zero attached hydrogens (tertiary/aromatic N) is 1. The summed E-state index contributed by atoms with van der Waals surface area (Å²) in [5.41, 5.74) is 0. The predicted octanol–water partition coefficient (Wildman–Crippen LogP) is 3.17. The van der Waals surface area contributed by atoms with Gasteiger partial charge in [-0.3, -0.25) is 4.90 Å². The van der Waals surface area contributed by atoms with Crippen molar-refractivity contribution in [2.75, 3.05) is 19.6 Å². The first kappa shape index (κ1) is 13.4. The second-order valence-electron chi connectivity index (χ2n) is 5.86. The van der Waals surface area contributed by atoms with Crippen LogP contribution in [0.3, 0.4) is 0 Å². The number of rotatable bonds is 4. The molecule has 0 spiro atoms. The SMILES string of the molecule is CCCNC1CCCCCCC1N1CCCC1. The lowest BCUT2D eigenvalue weighted by Crippen LogP contribution is -2.49. The van der Waals surface area contributed by atoms with Gasteiger partial charge < -0.3 is 5.32 Å². The minimum atomic E-state index is 0.772. The van der Waals surface area contributed by atoms with Crippen LogP contribution in [0.4, 0.5) is 0 Å². The summed E-state index contributed by atoms with van der Waals surface area (Å²) in [6.45, 7) is 6.19. The fourth-order valence-corrected chi connectivity index (χ4v) is 3.54. The van der Waals surface area contributed by atoms with Gasteiger partial charge in [-0.2, -0.15) is 0 Å². The maximum Gasteiger partial charge on any atom is 0.0249 e. The summed E-state index contributed by atoms with van der Waals surface area (Å²) >= 11 is 0. The number of likely N-dealkylation sites (tertiary alicyclic amines) is 1. The summed E-state index contributed by atoms with van der Waals surface area (Å²) in [6.07, 6.45) is 12.8. The fraction of sp³-hybridized carbons (Fsp3) is 1.00. The minimum Gasteiger partial charge on any atom is -0.312 e. The van der Waals surface area contributed by atoms with E-state index in [1.807, 2.05) is 0 Å². The summed E-state index contributed by atoms with van der Waals surface area (Å²) in [5.74, 6) is 0. The summed E-state index contributed by atoms with van der Waals surface area (Å²) in [4.78, 5) is 2.78. The third-order valence-electron chi connectivity index (χ3n) is 4.50. The molecule has 17 heavy (non-hydrogen) atoms.